The number of aryl methyl sites for hydroxylation is 1. The van der Waals surface area contributed by atoms with Crippen LogP contribution in [-0.4, -0.2) is 16.8 Å². The molecule has 0 saturated carbocycles. The Kier molecular flexibility index (Phi) is 2.98. The van der Waals surface area contributed by atoms with Crippen LogP contribution in [-0.2, 0) is 17.8 Å². The Morgan fingerprint density at radius 3 is 3.10 bits per heavy atom. The number of oxazole rings is 1. The van der Waals surface area contributed by atoms with Gasteiger partial charge >= 0.3 is 0 Å². The summed E-state index contributed by atoms with van der Waals surface area (Å²) in [5, 5.41) is 5.44. The van der Waals surface area contributed by atoms with E-state index in [2.05, 4.69) is 15.6 Å². The highest BCUT2D eigenvalue weighted by Crippen LogP contribution is 2.23. The van der Waals surface area contributed by atoms with Crippen molar-refractivity contribution in [3.05, 3.63) is 47.2 Å². The molecule has 6 heteroatoms. The molecule has 0 unspecified atom stereocenters. The third kappa shape index (κ3) is 2.40. The zero-order chi connectivity index (χ0) is 14.1. The highest BCUT2D eigenvalue weighted by atomic mass is 16.4. The van der Waals surface area contributed by atoms with Gasteiger partial charge in [0.25, 0.3) is 5.91 Å². The molecule has 1 aromatic carbocycles. The zero-order valence-corrected chi connectivity index (χ0v) is 10.9. The maximum atomic E-state index is 12.0. The number of anilines is 1. The zero-order valence-electron chi connectivity index (χ0n) is 10.9. The van der Waals surface area contributed by atoms with Gasteiger partial charge < -0.3 is 15.1 Å². The molecule has 1 aromatic heterocycles. The Morgan fingerprint density at radius 1 is 1.50 bits per heavy atom. The number of fused-ring (bicyclic) bond motifs is 1. The number of nitrogens with one attached hydrogen (secondary N) is 2. The van der Waals surface area contributed by atoms with Crippen LogP contribution in [0.4, 0.5) is 5.69 Å². The van der Waals surface area contributed by atoms with E-state index in [1.165, 1.54) is 0 Å². The van der Waals surface area contributed by atoms with E-state index in [1.54, 1.807) is 31.3 Å². The number of carbonyl (C=O) groups is 2. The Labute approximate surface area is 115 Å². The highest BCUT2D eigenvalue weighted by Gasteiger charge is 2.19. The molecule has 0 saturated heterocycles. The Morgan fingerprint density at radius 2 is 2.35 bits per heavy atom. The number of benzene rings is 1. The van der Waals surface area contributed by atoms with Crippen LogP contribution in [0.2, 0.25) is 0 Å². The van der Waals surface area contributed by atoms with Gasteiger partial charge in [-0.2, -0.15) is 0 Å². The van der Waals surface area contributed by atoms with E-state index in [0.29, 0.717) is 29.3 Å². The highest BCUT2D eigenvalue weighted by molar-refractivity contribution is 6.02. The molecule has 0 spiro atoms. The molecule has 2 amide bonds. The molecule has 0 fully saturated rings. The first-order chi connectivity index (χ1) is 9.61. The number of aromatic nitrogens is 1. The minimum absolute atomic E-state index is 0.0483. The van der Waals surface area contributed by atoms with Gasteiger partial charge in [0.05, 0.1) is 19.2 Å². The van der Waals surface area contributed by atoms with Crippen molar-refractivity contribution in [2.75, 3.05) is 5.32 Å². The minimum atomic E-state index is -0.232. The van der Waals surface area contributed by atoms with Crippen LogP contribution in [0, 0.1) is 6.92 Å². The molecule has 3 rings (SSSR count). The largest absolute Gasteiger partial charge is 0.444 e. The standard InChI is InChI=1S/C14H13N3O3/c1-8-6-15-13(20-8)7-16-14(19)10-3-2-9-5-12(18)17-11(9)4-10/h2-4,6H,5,7H2,1H3,(H,16,19)(H,17,18). The Hall–Kier alpha value is -2.63. The normalized spacial score (nSPS) is 12.9. The van der Waals surface area contributed by atoms with E-state index in [1.807, 2.05) is 0 Å². The van der Waals surface area contributed by atoms with Crippen molar-refractivity contribution < 1.29 is 14.0 Å². The average molecular weight is 271 g/mol. The molecule has 0 aliphatic carbocycles. The summed E-state index contributed by atoms with van der Waals surface area (Å²) in [6.07, 6.45) is 1.97. The van der Waals surface area contributed by atoms with Gasteiger partial charge in [-0.25, -0.2) is 4.98 Å². The SMILES string of the molecule is Cc1cnc(CNC(=O)c2ccc3c(c2)NC(=O)C3)o1. The van der Waals surface area contributed by atoms with Crippen LogP contribution in [0.5, 0.6) is 0 Å². The van der Waals surface area contributed by atoms with Gasteiger partial charge in [0, 0.05) is 11.3 Å². The van der Waals surface area contributed by atoms with Gasteiger partial charge in [-0.05, 0) is 24.6 Å². The number of nitrogens with zero attached hydrogens (tertiary/aromatic N) is 1. The predicted molar refractivity (Wildman–Crippen MR) is 71.2 cm³/mol. The fourth-order valence-corrected chi connectivity index (χ4v) is 2.10. The van der Waals surface area contributed by atoms with Gasteiger partial charge in [-0.1, -0.05) is 6.07 Å². The van der Waals surface area contributed by atoms with Crippen LogP contribution in [0.15, 0.2) is 28.8 Å². The summed E-state index contributed by atoms with van der Waals surface area (Å²) < 4.78 is 5.28. The molecule has 2 heterocycles. The third-order valence-corrected chi connectivity index (χ3v) is 3.07. The molecule has 1 aliphatic heterocycles. The number of hydrogen-bond donors (Lipinski definition) is 2. The predicted octanol–water partition coefficient (Wildman–Crippen LogP) is 1.41. The summed E-state index contributed by atoms with van der Waals surface area (Å²) in [7, 11) is 0. The smallest absolute Gasteiger partial charge is 0.251 e. The van der Waals surface area contributed by atoms with Crippen LogP contribution in [0.25, 0.3) is 0 Å². The van der Waals surface area contributed by atoms with E-state index in [4.69, 9.17) is 4.42 Å². The molecule has 2 N–H and O–H groups in total. The van der Waals surface area contributed by atoms with Crippen molar-refractivity contribution in [3.8, 4) is 0 Å². The molecule has 20 heavy (non-hydrogen) atoms. The Balaban J connectivity index is 1.69. The lowest BCUT2D eigenvalue weighted by Crippen LogP contribution is -2.23. The van der Waals surface area contributed by atoms with Crippen LogP contribution < -0.4 is 10.6 Å². The first-order valence-corrected chi connectivity index (χ1v) is 6.24. The molecular formula is C14H13N3O3. The van der Waals surface area contributed by atoms with Crippen molar-refractivity contribution >= 4 is 17.5 Å². The average Bonchev–Trinajstić information content (AvgIpc) is 2.99. The van der Waals surface area contributed by atoms with Crippen LogP contribution in [0.3, 0.4) is 0 Å². The summed E-state index contributed by atoms with van der Waals surface area (Å²) in [5.41, 5.74) is 2.11. The lowest BCUT2D eigenvalue weighted by Gasteiger charge is -2.05. The fraction of sp³-hybridized carbons (Fsp3) is 0.214. The van der Waals surface area contributed by atoms with Crippen molar-refractivity contribution in [3.63, 3.8) is 0 Å². The molecular weight excluding hydrogens is 258 g/mol. The van der Waals surface area contributed by atoms with E-state index in [0.717, 1.165) is 5.56 Å². The molecule has 0 atom stereocenters. The van der Waals surface area contributed by atoms with E-state index < -0.39 is 0 Å². The molecule has 1 aliphatic rings. The minimum Gasteiger partial charge on any atom is -0.444 e. The van der Waals surface area contributed by atoms with E-state index in [-0.39, 0.29) is 18.4 Å². The first kappa shape index (κ1) is 12.4. The van der Waals surface area contributed by atoms with Gasteiger partial charge in [0.2, 0.25) is 11.8 Å². The van der Waals surface area contributed by atoms with Gasteiger partial charge in [-0.3, -0.25) is 9.59 Å². The fourth-order valence-electron chi connectivity index (χ4n) is 2.10. The lowest BCUT2D eigenvalue weighted by molar-refractivity contribution is -0.115. The van der Waals surface area contributed by atoms with E-state index >= 15 is 0 Å². The summed E-state index contributed by atoms with van der Waals surface area (Å²) in [6.45, 7) is 2.03. The topological polar surface area (TPSA) is 84.2 Å². The lowest BCUT2D eigenvalue weighted by atomic mass is 10.1. The van der Waals surface area contributed by atoms with Gasteiger partial charge in [-0.15, -0.1) is 0 Å². The van der Waals surface area contributed by atoms with Crippen molar-refractivity contribution in [2.24, 2.45) is 0 Å². The molecule has 0 bridgehead atoms. The van der Waals surface area contributed by atoms with E-state index in [9.17, 15) is 9.59 Å². The second kappa shape index (κ2) is 4.80. The van der Waals surface area contributed by atoms with Crippen molar-refractivity contribution in [1.29, 1.82) is 0 Å². The molecule has 2 aromatic rings. The first-order valence-electron chi connectivity index (χ1n) is 6.24. The van der Waals surface area contributed by atoms with Gasteiger partial charge in [0.15, 0.2) is 0 Å². The maximum absolute atomic E-state index is 12.0. The number of rotatable bonds is 3. The third-order valence-electron chi connectivity index (χ3n) is 3.07. The van der Waals surface area contributed by atoms with Crippen molar-refractivity contribution in [2.45, 2.75) is 19.9 Å². The maximum Gasteiger partial charge on any atom is 0.251 e. The number of carbonyl (C=O) groups excluding carboxylic acids is 2. The monoisotopic (exact) mass is 271 g/mol. The quantitative estimate of drug-likeness (QED) is 0.884. The number of hydrogen-bond acceptors (Lipinski definition) is 4. The van der Waals surface area contributed by atoms with Crippen LogP contribution >= 0.6 is 0 Å². The molecule has 102 valence electrons. The van der Waals surface area contributed by atoms with Gasteiger partial charge in [0.1, 0.15) is 5.76 Å². The van der Waals surface area contributed by atoms with Crippen molar-refractivity contribution in [1.82, 2.24) is 10.3 Å². The molecule has 0 radical (unpaired) electrons. The summed E-state index contributed by atoms with van der Waals surface area (Å²) in [4.78, 5) is 27.3. The summed E-state index contributed by atoms with van der Waals surface area (Å²) in [5.74, 6) is 0.887. The second-order valence-electron chi connectivity index (χ2n) is 4.64. The summed E-state index contributed by atoms with van der Waals surface area (Å²) >= 11 is 0. The molecule has 6 nitrogen and oxygen atoms in total. The number of amides is 2. The van der Waals surface area contributed by atoms with Crippen LogP contribution in [0.1, 0.15) is 27.6 Å². The Bertz CT molecular complexity index is 691. The second-order valence-corrected chi connectivity index (χ2v) is 4.64. The summed E-state index contributed by atoms with van der Waals surface area (Å²) in [6, 6.07) is 5.17.